The second kappa shape index (κ2) is 5.07. The van der Waals surface area contributed by atoms with Crippen LogP contribution in [0.15, 0.2) is 23.1 Å². The molecule has 0 bridgehead atoms. The maximum Gasteiger partial charge on any atom is 0.246 e. The summed E-state index contributed by atoms with van der Waals surface area (Å²) >= 11 is 0. The Morgan fingerprint density at radius 3 is 2.63 bits per heavy atom. The van der Waals surface area contributed by atoms with Gasteiger partial charge in [0.25, 0.3) is 0 Å². The zero-order valence-corrected chi connectivity index (χ0v) is 11.8. The molecule has 19 heavy (non-hydrogen) atoms. The van der Waals surface area contributed by atoms with Crippen LogP contribution in [0.1, 0.15) is 6.92 Å². The lowest BCUT2D eigenvalue weighted by Gasteiger charge is -2.36. The van der Waals surface area contributed by atoms with E-state index in [-0.39, 0.29) is 16.6 Å². The van der Waals surface area contributed by atoms with E-state index < -0.39 is 15.8 Å². The van der Waals surface area contributed by atoms with E-state index in [1.54, 1.807) is 0 Å². The van der Waals surface area contributed by atoms with Gasteiger partial charge in [0.2, 0.25) is 10.0 Å². The van der Waals surface area contributed by atoms with Crippen LogP contribution in [-0.4, -0.2) is 50.3 Å². The van der Waals surface area contributed by atoms with Gasteiger partial charge >= 0.3 is 0 Å². The summed E-state index contributed by atoms with van der Waals surface area (Å²) in [5.74, 6) is -0.799. The van der Waals surface area contributed by atoms with E-state index in [9.17, 15) is 12.8 Å². The van der Waals surface area contributed by atoms with E-state index >= 15 is 0 Å². The molecule has 1 atom stereocenters. The number of likely N-dealkylation sites (N-methyl/N-ethyl adjacent to an activating group) is 1. The quantitative estimate of drug-likeness (QED) is 0.815. The third-order valence-corrected chi connectivity index (χ3v) is 5.39. The smallest absolute Gasteiger partial charge is 0.246 e. The highest BCUT2D eigenvalue weighted by Gasteiger charge is 2.32. The highest BCUT2D eigenvalue weighted by molar-refractivity contribution is 7.89. The van der Waals surface area contributed by atoms with Gasteiger partial charge in [0.15, 0.2) is 0 Å². The fourth-order valence-electron chi connectivity index (χ4n) is 2.10. The standard InChI is InChI=1S/C12H18FN3O2S/c1-9-8-16(6-5-15(9)2)19(17,18)12-4-3-10(14)7-11(12)13/h3-4,7,9H,5-6,8,14H2,1-2H3. The van der Waals surface area contributed by atoms with Crippen LogP contribution in [0.4, 0.5) is 10.1 Å². The fraction of sp³-hybridized carbons (Fsp3) is 0.500. The van der Waals surface area contributed by atoms with E-state index in [0.29, 0.717) is 19.6 Å². The highest BCUT2D eigenvalue weighted by atomic mass is 32.2. The van der Waals surface area contributed by atoms with Crippen LogP contribution in [0.5, 0.6) is 0 Å². The number of nitrogens with two attached hydrogens (primary N) is 1. The Hall–Kier alpha value is -1.18. The van der Waals surface area contributed by atoms with Crippen molar-refractivity contribution in [2.75, 3.05) is 32.4 Å². The van der Waals surface area contributed by atoms with Crippen LogP contribution >= 0.6 is 0 Å². The summed E-state index contributed by atoms with van der Waals surface area (Å²) in [6.45, 7) is 3.31. The summed E-state index contributed by atoms with van der Waals surface area (Å²) in [4.78, 5) is 1.77. The summed E-state index contributed by atoms with van der Waals surface area (Å²) in [5, 5.41) is 0. The van der Waals surface area contributed by atoms with Crippen molar-refractivity contribution in [1.82, 2.24) is 9.21 Å². The van der Waals surface area contributed by atoms with Crippen molar-refractivity contribution in [1.29, 1.82) is 0 Å². The molecule has 5 nitrogen and oxygen atoms in total. The predicted molar refractivity (Wildman–Crippen MR) is 71.7 cm³/mol. The molecule has 1 aliphatic heterocycles. The average Bonchev–Trinajstić information content (AvgIpc) is 2.32. The molecule has 2 rings (SSSR count). The zero-order valence-electron chi connectivity index (χ0n) is 11.0. The predicted octanol–water partition coefficient (Wildman–Crippen LogP) is 0.733. The first-order valence-corrected chi connectivity index (χ1v) is 7.52. The molecule has 1 saturated heterocycles. The molecule has 1 aliphatic rings. The van der Waals surface area contributed by atoms with Crippen molar-refractivity contribution in [2.45, 2.75) is 17.9 Å². The molecular formula is C12H18FN3O2S. The summed E-state index contributed by atoms with van der Waals surface area (Å²) in [5.41, 5.74) is 5.65. The Morgan fingerprint density at radius 2 is 2.05 bits per heavy atom. The van der Waals surface area contributed by atoms with Crippen molar-refractivity contribution in [3.63, 3.8) is 0 Å². The molecule has 1 fully saturated rings. The maximum atomic E-state index is 13.8. The van der Waals surface area contributed by atoms with E-state index in [4.69, 9.17) is 5.73 Å². The van der Waals surface area contributed by atoms with Crippen LogP contribution in [0.3, 0.4) is 0 Å². The molecule has 0 aromatic heterocycles. The van der Waals surface area contributed by atoms with Crippen LogP contribution in [0, 0.1) is 5.82 Å². The number of rotatable bonds is 2. The number of halogens is 1. The summed E-state index contributed by atoms with van der Waals surface area (Å²) in [7, 11) is -1.85. The Labute approximate surface area is 112 Å². The van der Waals surface area contributed by atoms with Crippen molar-refractivity contribution >= 4 is 15.7 Å². The lowest BCUT2D eigenvalue weighted by molar-refractivity contribution is 0.159. The number of hydrogen-bond donors (Lipinski definition) is 1. The number of piperazine rings is 1. The molecule has 0 aliphatic carbocycles. The van der Waals surface area contributed by atoms with Crippen LogP contribution in [0.2, 0.25) is 0 Å². The molecule has 2 N–H and O–H groups in total. The fourth-order valence-corrected chi connectivity index (χ4v) is 3.66. The average molecular weight is 287 g/mol. The van der Waals surface area contributed by atoms with Crippen molar-refractivity contribution in [3.8, 4) is 0 Å². The van der Waals surface area contributed by atoms with E-state index in [1.165, 1.54) is 16.4 Å². The third kappa shape index (κ3) is 2.72. The lowest BCUT2D eigenvalue weighted by Crippen LogP contribution is -2.51. The normalized spacial score (nSPS) is 22.6. The van der Waals surface area contributed by atoms with Gasteiger partial charge in [-0.25, -0.2) is 12.8 Å². The molecule has 1 heterocycles. The van der Waals surface area contributed by atoms with Crippen molar-refractivity contribution < 1.29 is 12.8 Å². The van der Waals surface area contributed by atoms with Crippen LogP contribution in [-0.2, 0) is 10.0 Å². The first-order valence-electron chi connectivity index (χ1n) is 6.08. The zero-order chi connectivity index (χ0) is 14.2. The lowest BCUT2D eigenvalue weighted by atomic mass is 10.2. The monoisotopic (exact) mass is 287 g/mol. The molecule has 0 radical (unpaired) electrons. The summed E-state index contributed by atoms with van der Waals surface area (Å²) in [6, 6.07) is 3.77. The number of benzene rings is 1. The summed E-state index contributed by atoms with van der Waals surface area (Å²) in [6.07, 6.45) is 0. The second-order valence-corrected chi connectivity index (χ2v) is 6.79. The minimum Gasteiger partial charge on any atom is -0.399 e. The Balaban J connectivity index is 2.32. The Kier molecular flexibility index (Phi) is 3.80. The van der Waals surface area contributed by atoms with Gasteiger partial charge < -0.3 is 10.6 Å². The van der Waals surface area contributed by atoms with Gasteiger partial charge in [-0.05, 0) is 32.2 Å². The van der Waals surface area contributed by atoms with Gasteiger partial charge in [-0.15, -0.1) is 0 Å². The largest absolute Gasteiger partial charge is 0.399 e. The Bertz CT molecular complexity index is 576. The van der Waals surface area contributed by atoms with Gasteiger partial charge in [-0.1, -0.05) is 0 Å². The first kappa shape index (κ1) is 14.2. The van der Waals surface area contributed by atoms with Gasteiger partial charge in [-0.3, -0.25) is 0 Å². The molecule has 7 heteroatoms. The summed E-state index contributed by atoms with van der Waals surface area (Å²) < 4.78 is 39.9. The number of sulfonamides is 1. The van der Waals surface area contributed by atoms with E-state index in [1.807, 2.05) is 14.0 Å². The maximum absolute atomic E-state index is 13.8. The number of hydrogen-bond acceptors (Lipinski definition) is 4. The number of nitrogens with zero attached hydrogens (tertiary/aromatic N) is 2. The molecule has 0 spiro atoms. The van der Waals surface area contributed by atoms with Crippen molar-refractivity contribution in [3.05, 3.63) is 24.0 Å². The van der Waals surface area contributed by atoms with Gasteiger partial charge in [0, 0.05) is 31.4 Å². The second-order valence-electron chi connectivity index (χ2n) is 4.88. The molecule has 106 valence electrons. The number of anilines is 1. The minimum atomic E-state index is -3.79. The van der Waals surface area contributed by atoms with E-state index in [0.717, 1.165) is 6.07 Å². The van der Waals surface area contributed by atoms with Gasteiger partial charge in [0.1, 0.15) is 10.7 Å². The minimum absolute atomic E-state index is 0.111. The highest BCUT2D eigenvalue weighted by Crippen LogP contribution is 2.23. The third-order valence-electron chi connectivity index (χ3n) is 3.50. The van der Waals surface area contributed by atoms with Crippen molar-refractivity contribution in [2.24, 2.45) is 0 Å². The molecule has 1 unspecified atom stereocenters. The van der Waals surface area contributed by atoms with Gasteiger partial charge in [0.05, 0.1) is 0 Å². The molecule has 0 saturated carbocycles. The number of nitrogen functional groups attached to an aromatic ring is 1. The Morgan fingerprint density at radius 1 is 1.37 bits per heavy atom. The van der Waals surface area contributed by atoms with Crippen LogP contribution in [0.25, 0.3) is 0 Å². The van der Waals surface area contributed by atoms with E-state index in [2.05, 4.69) is 4.90 Å². The molecule has 1 aromatic rings. The SMILES string of the molecule is CC1CN(S(=O)(=O)c2ccc(N)cc2F)CCN1C. The molecule has 1 aromatic carbocycles. The first-order chi connectivity index (χ1) is 8.82. The van der Waals surface area contributed by atoms with Gasteiger partial charge in [-0.2, -0.15) is 4.31 Å². The topological polar surface area (TPSA) is 66.6 Å². The molecule has 0 amide bonds. The van der Waals surface area contributed by atoms with Crippen LogP contribution < -0.4 is 5.73 Å². The molecular weight excluding hydrogens is 269 g/mol.